The van der Waals surface area contributed by atoms with E-state index in [1.54, 1.807) is 12.4 Å². The monoisotopic (exact) mass is 272 g/mol. The summed E-state index contributed by atoms with van der Waals surface area (Å²) in [5, 5.41) is 1.75. The minimum atomic E-state index is -0.119. The number of rotatable bonds is 3. The molecule has 2 aromatic heterocycles. The molecule has 3 rings (SSSR count). The largest absolute Gasteiger partial charge is 0.486 e. The Morgan fingerprint density at radius 1 is 1.26 bits per heavy atom. The van der Waals surface area contributed by atoms with Crippen molar-refractivity contribution in [3.05, 3.63) is 59.5 Å². The smallest absolute Gasteiger partial charge is 0.122 e. The number of nitrogens with one attached hydrogen (secondary N) is 1. The molecule has 0 aliphatic heterocycles. The molecule has 4 heteroatoms. The van der Waals surface area contributed by atoms with Crippen LogP contribution >= 0.6 is 11.6 Å². The van der Waals surface area contributed by atoms with Crippen LogP contribution in [0.1, 0.15) is 18.6 Å². The van der Waals surface area contributed by atoms with Crippen LogP contribution in [0.15, 0.2) is 48.9 Å². The van der Waals surface area contributed by atoms with Gasteiger partial charge >= 0.3 is 0 Å². The molecule has 0 radical (unpaired) electrons. The maximum atomic E-state index is 6.12. The number of hydrogen-bond acceptors (Lipinski definition) is 2. The first-order valence-corrected chi connectivity index (χ1v) is 6.45. The number of benzene rings is 1. The van der Waals surface area contributed by atoms with E-state index in [-0.39, 0.29) is 6.10 Å². The van der Waals surface area contributed by atoms with Crippen LogP contribution in [0.25, 0.3) is 10.9 Å². The fourth-order valence-corrected chi connectivity index (χ4v) is 2.36. The second-order valence-corrected chi connectivity index (χ2v) is 4.79. The lowest BCUT2D eigenvalue weighted by Crippen LogP contribution is -2.03. The van der Waals surface area contributed by atoms with Crippen molar-refractivity contribution in [3.8, 4) is 5.75 Å². The Kier molecular flexibility index (Phi) is 3.13. The van der Waals surface area contributed by atoms with Gasteiger partial charge in [0.25, 0.3) is 0 Å². The van der Waals surface area contributed by atoms with Crippen molar-refractivity contribution in [2.24, 2.45) is 0 Å². The first-order chi connectivity index (χ1) is 9.24. The van der Waals surface area contributed by atoms with E-state index in [9.17, 15) is 0 Å². The summed E-state index contributed by atoms with van der Waals surface area (Å²) in [6, 6.07) is 9.86. The number of halogens is 1. The summed E-state index contributed by atoms with van der Waals surface area (Å²) in [6.45, 7) is 1.97. The first kappa shape index (κ1) is 12.1. The summed E-state index contributed by atoms with van der Waals surface area (Å²) in [5.41, 5.74) is 2.03. The summed E-state index contributed by atoms with van der Waals surface area (Å²) < 4.78 is 5.93. The van der Waals surface area contributed by atoms with Crippen molar-refractivity contribution < 1.29 is 4.74 Å². The van der Waals surface area contributed by atoms with Gasteiger partial charge in [0, 0.05) is 35.1 Å². The van der Waals surface area contributed by atoms with E-state index in [4.69, 9.17) is 16.3 Å². The number of pyridine rings is 1. The van der Waals surface area contributed by atoms with Gasteiger partial charge in [-0.1, -0.05) is 11.6 Å². The zero-order chi connectivity index (χ0) is 13.2. The SMILES string of the molecule is CC(Oc1ccc2[nH]ccc2c1)c1ccncc1Cl. The molecule has 1 atom stereocenters. The Morgan fingerprint density at radius 2 is 2.16 bits per heavy atom. The number of nitrogens with zero attached hydrogens (tertiary/aromatic N) is 1. The third-order valence-electron chi connectivity index (χ3n) is 3.08. The summed E-state index contributed by atoms with van der Waals surface area (Å²) in [6.07, 6.45) is 5.15. The number of aromatic amines is 1. The third-order valence-corrected chi connectivity index (χ3v) is 3.40. The highest BCUT2D eigenvalue weighted by Gasteiger charge is 2.11. The summed E-state index contributed by atoms with van der Waals surface area (Å²) in [4.78, 5) is 7.13. The zero-order valence-corrected chi connectivity index (χ0v) is 11.2. The Labute approximate surface area is 116 Å². The van der Waals surface area contributed by atoms with Crippen LogP contribution in [0.3, 0.4) is 0 Å². The second kappa shape index (κ2) is 4.94. The van der Waals surface area contributed by atoms with E-state index in [1.807, 2.05) is 43.5 Å². The predicted octanol–water partition coefficient (Wildman–Crippen LogP) is 4.36. The highest BCUT2D eigenvalue weighted by atomic mass is 35.5. The summed E-state index contributed by atoms with van der Waals surface area (Å²) in [5.74, 6) is 0.826. The van der Waals surface area contributed by atoms with E-state index < -0.39 is 0 Å². The van der Waals surface area contributed by atoms with Crippen LogP contribution < -0.4 is 4.74 Å². The minimum absolute atomic E-state index is 0.119. The van der Waals surface area contributed by atoms with Gasteiger partial charge in [-0.05, 0) is 37.3 Å². The molecular weight excluding hydrogens is 260 g/mol. The molecule has 0 amide bonds. The van der Waals surface area contributed by atoms with Gasteiger partial charge < -0.3 is 9.72 Å². The maximum Gasteiger partial charge on any atom is 0.122 e. The van der Waals surface area contributed by atoms with Gasteiger partial charge in [-0.3, -0.25) is 4.98 Å². The Bertz CT molecular complexity index is 708. The standard InChI is InChI=1S/C15H13ClN2O/c1-10(13-5-6-17-9-14(13)16)19-12-2-3-15-11(8-12)4-7-18-15/h2-10,18H,1H3. The van der Waals surface area contributed by atoms with Crippen LogP contribution in [0.2, 0.25) is 5.02 Å². The fraction of sp³-hybridized carbons (Fsp3) is 0.133. The topological polar surface area (TPSA) is 37.9 Å². The Morgan fingerprint density at radius 3 is 3.00 bits per heavy atom. The van der Waals surface area contributed by atoms with Crippen molar-refractivity contribution in [2.45, 2.75) is 13.0 Å². The molecule has 0 bridgehead atoms. The van der Waals surface area contributed by atoms with Gasteiger partial charge in [-0.15, -0.1) is 0 Å². The molecule has 96 valence electrons. The van der Waals surface area contributed by atoms with Gasteiger partial charge in [0.05, 0.1) is 5.02 Å². The van der Waals surface area contributed by atoms with Crippen LogP contribution in [0, 0.1) is 0 Å². The van der Waals surface area contributed by atoms with E-state index in [1.165, 1.54) is 0 Å². The van der Waals surface area contributed by atoms with Gasteiger partial charge in [0.1, 0.15) is 11.9 Å². The second-order valence-electron chi connectivity index (χ2n) is 4.38. The predicted molar refractivity (Wildman–Crippen MR) is 76.6 cm³/mol. The molecule has 19 heavy (non-hydrogen) atoms. The van der Waals surface area contributed by atoms with E-state index in [0.717, 1.165) is 22.2 Å². The number of ether oxygens (including phenoxy) is 1. The molecule has 0 aliphatic rings. The van der Waals surface area contributed by atoms with Crippen molar-refractivity contribution in [3.63, 3.8) is 0 Å². The molecule has 3 nitrogen and oxygen atoms in total. The molecule has 1 unspecified atom stereocenters. The first-order valence-electron chi connectivity index (χ1n) is 6.07. The van der Waals surface area contributed by atoms with E-state index >= 15 is 0 Å². The number of hydrogen-bond donors (Lipinski definition) is 1. The highest BCUT2D eigenvalue weighted by Crippen LogP contribution is 2.28. The number of H-pyrrole nitrogens is 1. The van der Waals surface area contributed by atoms with Crippen LogP contribution in [-0.2, 0) is 0 Å². The van der Waals surface area contributed by atoms with Crippen molar-refractivity contribution in [2.75, 3.05) is 0 Å². The van der Waals surface area contributed by atoms with Crippen LogP contribution in [-0.4, -0.2) is 9.97 Å². The van der Waals surface area contributed by atoms with Crippen molar-refractivity contribution in [1.29, 1.82) is 0 Å². The average Bonchev–Trinajstić information content (AvgIpc) is 2.86. The van der Waals surface area contributed by atoms with Gasteiger partial charge in [-0.2, -0.15) is 0 Å². The van der Waals surface area contributed by atoms with Gasteiger partial charge in [0.15, 0.2) is 0 Å². The van der Waals surface area contributed by atoms with Crippen LogP contribution in [0.5, 0.6) is 5.75 Å². The molecule has 0 saturated carbocycles. The molecule has 0 spiro atoms. The summed E-state index contributed by atoms with van der Waals surface area (Å²) >= 11 is 6.12. The van der Waals surface area contributed by atoms with Crippen molar-refractivity contribution >= 4 is 22.5 Å². The van der Waals surface area contributed by atoms with Gasteiger partial charge in [-0.25, -0.2) is 0 Å². The molecule has 0 saturated heterocycles. The molecular formula is C15H13ClN2O. The minimum Gasteiger partial charge on any atom is -0.486 e. The van der Waals surface area contributed by atoms with E-state index in [0.29, 0.717) is 5.02 Å². The van der Waals surface area contributed by atoms with Gasteiger partial charge in [0.2, 0.25) is 0 Å². The van der Waals surface area contributed by atoms with E-state index in [2.05, 4.69) is 9.97 Å². The lowest BCUT2D eigenvalue weighted by molar-refractivity contribution is 0.227. The van der Waals surface area contributed by atoms with Crippen molar-refractivity contribution in [1.82, 2.24) is 9.97 Å². The fourth-order valence-electron chi connectivity index (χ4n) is 2.09. The third kappa shape index (κ3) is 2.42. The summed E-state index contributed by atoms with van der Waals surface area (Å²) in [7, 11) is 0. The number of fused-ring (bicyclic) bond motifs is 1. The highest BCUT2D eigenvalue weighted by molar-refractivity contribution is 6.31. The molecule has 2 heterocycles. The number of aromatic nitrogens is 2. The maximum absolute atomic E-state index is 6.12. The quantitative estimate of drug-likeness (QED) is 0.769. The lowest BCUT2D eigenvalue weighted by atomic mass is 10.1. The zero-order valence-electron chi connectivity index (χ0n) is 10.4. The Balaban J connectivity index is 1.86. The molecule has 0 fully saturated rings. The van der Waals surface area contributed by atoms with Crippen LogP contribution in [0.4, 0.5) is 0 Å². The molecule has 0 aliphatic carbocycles. The Hall–Kier alpha value is -2.00. The molecule has 3 aromatic rings. The molecule has 1 aromatic carbocycles. The lowest BCUT2D eigenvalue weighted by Gasteiger charge is -2.16. The average molecular weight is 273 g/mol. The normalized spacial score (nSPS) is 12.5. The molecule has 1 N–H and O–H groups in total.